The van der Waals surface area contributed by atoms with Gasteiger partial charge in [-0.1, -0.05) is 6.07 Å². The van der Waals surface area contributed by atoms with Gasteiger partial charge in [0.25, 0.3) is 0 Å². The van der Waals surface area contributed by atoms with E-state index >= 15 is 0 Å². The molecule has 2 rings (SSSR count). The molecule has 1 fully saturated rings. The van der Waals surface area contributed by atoms with Gasteiger partial charge in [0.15, 0.2) is 0 Å². The molecule has 2 nitrogen and oxygen atoms in total. The van der Waals surface area contributed by atoms with Crippen LogP contribution < -0.4 is 5.32 Å². The first-order valence-corrected chi connectivity index (χ1v) is 5.36. The van der Waals surface area contributed by atoms with Gasteiger partial charge in [0, 0.05) is 24.9 Å². The molecule has 1 aromatic rings. The van der Waals surface area contributed by atoms with Gasteiger partial charge in [0.1, 0.15) is 5.82 Å². The van der Waals surface area contributed by atoms with Crippen molar-refractivity contribution in [3.8, 4) is 0 Å². The normalized spacial score (nSPS) is 17.7. The van der Waals surface area contributed by atoms with Gasteiger partial charge in [-0.05, 0) is 37.5 Å². The average molecular weight is 209 g/mol. The summed E-state index contributed by atoms with van der Waals surface area (Å²) in [4.78, 5) is 0. The van der Waals surface area contributed by atoms with Gasteiger partial charge in [-0.15, -0.1) is 0 Å². The molecule has 0 unspecified atom stereocenters. The molecule has 0 radical (unpaired) electrons. The molecule has 0 atom stereocenters. The second kappa shape index (κ2) is 4.62. The van der Waals surface area contributed by atoms with Gasteiger partial charge < -0.3 is 10.1 Å². The number of hydrogen-bond donors (Lipinski definition) is 1. The number of ether oxygens (including phenoxy) is 1. The standard InChI is InChI=1S/C12H16FNO/c1-9-2-3-11(8-12(9)13)14-10-4-6-15-7-5-10/h2-3,8,10,14H,4-7H2,1H3. The molecule has 1 aliphatic heterocycles. The Kier molecular flexibility index (Phi) is 3.21. The summed E-state index contributed by atoms with van der Waals surface area (Å²) >= 11 is 0. The molecule has 3 heteroatoms. The van der Waals surface area contributed by atoms with Crippen LogP contribution in [0.2, 0.25) is 0 Å². The fraction of sp³-hybridized carbons (Fsp3) is 0.500. The second-order valence-corrected chi connectivity index (χ2v) is 3.99. The Morgan fingerprint density at radius 2 is 2.07 bits per heavy atom. The topological polar surface area (TPSA) is 21.3 Å². The lowest BCUT2D eigenvalue weighted by atomic mass is 10.1. The molecule has 1 N–H and O–H groups in total. The van der Waals surface area contributed by atoms with Gasteiger partial charge in [-0.3, -0.25) is 0 Å². The zero-order chi connectivity index (χ0) is 10.7. The summed E-state index contributed by atoms with van der Waals surface area (Å²) in [6, 6.07) is 5.70. The van der Waals surface area contributed by atoms with E-state index in [9.17, 15) is 4.39 Å². The zero-order valence-corrected chi connectivity index (χ0v) is 8.92. The highest BCUT2D eigenvalue weighted by Crippen LogP contribution is 2.17. The third-order valence-corrected chi connectivity index (χ3v) is 2.76. The van der Waals surface area contributed by atoms with E-state index in [1.165, 1.54) is 0 Å². The Balaban J connectivity index is 2.00. The SMILES string of the molecule is Cc1ccc(NC2CCOCC2)cc1F. The number of nitrogens with one attached hydrogen (secondary N) is 1. The highest BCUT2D eigenvalue weighted by Gasteiger charge is 2.13. The molecule has 0 amide bonds. The van der Waals surface area contributed by atoms with Crippen LogP contribution in [-0.4, -0.2) is 19.3 Å². The molecular weight excluding hydrogens is 193 g/mol. The van der Waals surface area contributed by atoms with Crippen molar-refractivity contribution in [2.75, 3.05) is 18.5 Å². The van der Waals surface area contributed by atoms with Crippen molar-refractivity contribution in [1.82, 2.24) is 0 Å². The van der Waals surface area contributed by atoms with Crippen LogP contribution in [0.3, 0.4) is 0 Å². The van der Waals surface area contributed by atoms with E-state index in [1.54, 1.807) is 19.1 Å². The summed E-state index contributed by atoms with van der Waals surface area (Å²) in [5.41, 5.74) is 1.55. The molecular formula is C12H16FNO. The van der Waals surface area contributed by atoms with Crippen molar-refractivity contribution in [3.05, 3.63) is 29.6 Å². The highest BCUT2D eigenvalue weighted by atomic mass is 19.1. The number of aryl methyl sites for hydroxylation is 1. The van der Waals surface area contributed by atoms with Crippen LogP contribution >= 0.6 is 0 Å². The first-order chi connectivity index (χ1) is 7.25. The first kappa shape index (κ1) is 10.4. The smallest absolute Gasteiger partial charge is 0.128 e. The molecule has 82 valence electrons. The van der Waals surface area contributed by atoms with E-state index in [-0.39, 0.29) is 5.82 Å². The largest absolute Gasteiger partial charge is 0.382 e. The van der Waals surface area contributed by atoms with Crippen molar-refractivity contribution in [1.29, 1.82) is 0 Å². The third kappa shape index (κ3) is 2.69. The average Bonchev–Trinajstić information content (AvgIpc) is 2.25. The van der Waals surface area contributed by atoms with E-state index in [2.05, 4.69) is 5.32 Å². The molecule has 1 aliphatic rings. The number of anilines is 1. The lowest BCUT2D eigenvalue weighted by molar-refractivity contribution is 0.0904. The van der Waals surface area contributed by atoms with Crippen LogP contribution in [0.4, 0.5) is 10.1 Å². The van der Waals surface area contributed by atoms with E-state index in [4.69, 9.17) is 4.74 Å². The Morgan fingerprint density at radius 3 is 2.73 bits per heavy atom. The Labute approximate surface area is 89.4 Å². The van der Waals surface area contributed by atoms with Crippen LogP contribution in [-0.2, 0) is 4.74 Å². The predicted octanol–water partition coefficient (Wildman–Crippen LogP) is 2.73. The summed E-state index contributed by atoms with van der Waals surface area (Å²) in [7, 11) is 0. The van der Waals surface area contributed by atoms with Gasteiger partial charge in [0.2, 0.25) is 0 Å². The first-order valence-electron chi connectivity index (χ1n) is 5.36. The Bertz CT molecular complexity index is 334. The maximum atomic E-state index is 13.3. The number of benzene rings is 1. The van der Waals surface area contributed by atoms with Gasteiger partial charge in [0.05, 0.1) is 0 Å². The molecule has 1 aromatic carbocycles. The summed E-state index contributed by atoms with van der Waals surface area (Å²) in [6.45, 7) is 3.37. The van der Waals surface area contributed by atoms with E-state index < -0.39 is 0 Å². The van der Waals surface area contributed by atoms with Crippen LogP contribution in [0.15, 0.2) is 18.2 Å². The molecule has 0 bridgehead atoms. The molecule has 0 saturated carbocycles. The third-order valence-electron chi connectivity index (χ3n) is 2.76. The van der Waals surface area contributed by atoms with Crippen molar-refractivity contribution in [2.45, 2.75) is 25.8 Å². The second-order valence-electron chi connectivity index (χ2n) is 3.99. The van der Waals surface area contributed by atoms with Crippen LogP contribution in [0.1, 0.15) is 18.4 Å². The number of rotatable bonds is 2. The van der Waals surface area contributed by atoms with Crippen LogP contribution in [0, 0.1) is 12.7 Å². The molecule has 0 spiro atoms. The fourth-order valence-corrected chi connectivity index (χ4v) is 1.76. The summed E-state index contributed by atoms with van der Waals surface area (Å²) in [5, 5.41) is 3.33. The van der Waals surface area contributed by atoms with E-state index in [0.29, 0.717) is 11.6 Å². The van der Waals surface area contributed by atoms with Crippen molar-refractivity contribution >= 4 is 5.69 Å². The van der Waals surface area contributed by atoms with E-state index in [1.807, 2.05) is 6.07 Å². The van der Waals surface area contributed by atoms with Gasteiger partial charge >= 0.3 is 0 Å². The van der Waals surface area contributed by atoms with Crippen LogP contribution in [0.5, 0.6) is 0 Å². The minimum atomic E-state index is -0.146. The lowest BCUT2D eigenvalue weighted by Crippen LogP contribution is -2.27. The van der Waals surface area contributed by atoms with Gasteiger partial charge in [-0.2, -0.15) is 0 Å². The van der Waals surface area contributed by atoms with Gasteiger partial charge in [-0.25, -0.2) is 4.39 Å². The maximum absolute atomic E-state index is 13.3. The van der Waals surface area contributed by atoms with Crippen molar-refractivity contribution in [3.63, 3.8) is 0 Å². The number of hydrogen-bond acceptors (Lipinski definition) is 2. The molecule has 1 heterocycles. The molecule has 1 saturated heterocycles. The van der Waals surface area contributed by atoms with E-state index in [0.717, 1.165) is 31.7 Å². The highest BCUT2D eigenvalue weighted by molar-refractivity contribution is 5.46. The Hall–Kier alpha value is -1.09. The molecule has 0 aromatic heterocycles. The van der Waals surface area contributed by atoms with Crippen molar-refractivity contribution < 1.29 is 9.13 Å². The van der Waals surface area contributed by atoms with Crippen LogP contribution in [0.25, 0.3) is 0 Å². The summed E-state index contributed by atoms with van der Waals surface area (Å²) in [6.07, 6.45) is 1.99. The fourth-order valence-electron chi connectivity index (χ4n) is 1.76. The maximum Gasteiger partial charge on any atom is 0.128 e. The molecule has 15 heavy (non-hydrogen) atoms. The minimum absolute atomic E-state index is 0.146. The number of halogens is 1. The monoisotopic (exact) mass is 209 g/mol. The molecule has 0 aliphatic carbocycles. The quantitative estimate of drug-likeness (QED) is 0.808. The predicted molar refractivity (Wildman–Crippen MR) is 58.6 cm³/mol. The summed E-state index contributed by atoms with van der Waals surface area (Å²) < 4.78 is 18.5. The Morgan fingerprint density at radius 1 is 1.33 bits per heavy atom. The zero-order valence-electron chi connectivity index (χ0n) is 8.92. The summed E-state index contributed by atoms with van der Waals surface area (Å²) in [5.74, 6) is -0.146. The van der Waals surface area contributed by atoms with Crippen molar-refractivity contribution in [2.24, 2.45) is 0 Å². The lowest BCUT2D eigenvalue weighted by Gasteiger charge is -2.24. The minimum Gasteiger partial charge on any atom is -0.382 e.